The number of carbonyl (C=O) groups excluding carboxylic acids is 1. The minimum Gasteiger partial charge on any atom is -0.300 e. The van der Waals surface area contributed by atoms with Gasteiger partial charge in [-0.3, -0.25) is 4.79 Å². The van der Waals surface area contributed by atoms with Gasteiger partial charge in [0.25, 0.3) is 0 Å². The lowest BCUT2D eigenvalue weighted by Gasteiger charge is -2.18. The van der Waals surface area contributed by atoms with Crippen molar-refractivity contribution in [1.82, 2.24) is 0 Å². The van der Waals surface area contributed by atoms with E-state index >= 15 is 0 Å². The highest BCUT2D eigenvalue weighted by molar-refractivity contribution is 8.02. The molecule has 0 unspecified atom stereocenters. The molecular formula is C11H18OS. The summed E-state index contributed by atoms with van der Waals surface area (Å²) in [5.74, 6) is 0.453. The van der Waals surface area contributed by atoms with Gasteiger partial charge in [0.2, 0.25) is 0 Å². The molecule has 0 aromatic carbocycles. The van der Waals surface area contributed by atoms with Crippen LogP contribution in [0.3, 0.4) is 0 Å². The summed E-state index contributed by atoms with van der Waals surface area (Å²) < 4.78 is 0. The molecule has 0 atom stereocenters. The third-order valence-corrected chi connectivity index (χ3v) is 3.52. The molecule has 1 aliphatic carbocycles. The van der Waals surface area contributed by atoms with Crippen molar-refractivity contribution in [1.29, 1.82) is 0 Å². The largest absolute Gasteiger partial charge is 0.300 e. The van der Waals surface area contributed by atoms with Crippen molar-refractivity contribution in [3.8, 4) is 0 Å². The van der Waals surface area contributed by atoms with Crippen LogP contribution >= 0.6 is 11.8 Å². The molecule has 0 spiro atoms. The number of unbranched alkanes of at least 4 members (excludes halogenated alkanes) is 1. The summed E-state index contributed by atoms with van der Waals surface area (Å²) in [4.78, 5) is 11.0. The highest BCUT2D eigenvalue weighted by Crippen LogP contribution is 2.27. The molecule has 0 N–H and O–H groups in total. The number of hydrogen-bond donors (Lipinski definition) is 0. The third kappa shape index (κ3) is 4.51. The molecule has 1 rings (SSSR count). The van der Waals surface area contributed by atoms with Gasteiger partial charge in [-0.25, -0.2) is 0 Å². The maximum atomic E-state index is 11.0. The fourth-order valence-corrected chi connectivity index (χ4v) is 2.43. The Morgan fingerprint density at radius 1 is 1.46 bits per heavy atom. The van der Waals surface area contributed by atoms with Crippen LogP contribution in [0, 0.1) is 0 Å². The number of hydrogen-bond acceptors (Lipinski definition) is 2. The van der Waals surface area contributed by atoms with Gasteiger partial charge in [0.05, 0.1) is 0 Å². The second-order valence-electron chi connectivity index (χ2n) is 3.53. The molecule has 13 heavy (non-hydrogen) atoms. The molecule has 1 saturated carbocycles. The summed E-state index contributed by atoms with van der Waals surface area (Å²) in [6.07, 6.45) is 8.42. The van der Waals surface area contributed by atoms with Crippen molar-refractivity contribution in [2.24, 2.45) is 0 Å². The van der Waals surface area contributed by atoms with Crippen molar-refractivity contribution in [2.45, 2.75) is 50.7 Å². The van der Waals surface area contributed by atoms with Crippen LogP contribution in [0.15, 0.2) is 11.5 Å². The van der Waals surface area contributed by atoms with E-state index in [1.165, 1.54) is 12.8 Å². The average Bonchev–Trinajstić information content (AvgIpc) is 2.15. The van der Waals surface area contributed by atoms with E-state index in [0.29, 0.717) is 11.0 Å². The van der Waals surface area contributed by atoms with Gasteiger partial charge < -0.3 is 0 Å². The zero-order chi connectivity index (χ0) is 9.52. The van der Waals surface area contributed by atoms with E-state index in [4.69, 9.17) is 0 Å². The first-order valence-corrected chi connectivity index (χ1v) is 6.09. The predicted molar refractivity (Wildman–Crippen MR) is 58.9 cm³/mol. The number of rotatable bonds is 4. The SMILES string of the molecule is CCC/C=C/SC1CCC(=O)CC1. The van der Waals surface area contributed by atoms with Crippen LogP contribution in [0.4, 0.5) is 0 Å². The first-order chi connectivity index (χ1) is 6.33. The standard InChI is InChI=1S/C11H18OS/c1-2-3-4-9-13-11-7-5-10(12)6-8-11/h4,9,11H,2-3,5-8H2,1H3/b9-4+. The lowest BCUT2D eigenvalue weighted by atomic mass is 9.99. The van der Waals surface area contributed by atoms with E-state index in [2.05, 4.69) is 18.4 Å². The van der Waals surface area contributed by atoms with E-state index in [1.54, 1.807) is 0 Å². The molecule has 1 fully saturated rings. The Labute approximate surface area is 85.0 Å². The predicted octanol–water partition coefficient (Wildman–Crippen LogP) is 3.55. The van der Waals surface area contributed by atoms with Crippen LogP contribution in [0.5, 0.6) is 0 Å². The monoisotopic (exact) mass is 198 g/mol. The second-order valence-corrected chi connectivity index (χ2v) is 4.75. The maximum Gasteiger partial charge on any atom is 0.132 e. The number of allylic oxidation sites excluding steroid dienone is 1. The van der Waals surface area contributed by atoms with Gasteiger partial charge in [0, 0.05) is 18.1 Å². The van der Waals surface area contributed by atoms with Gasteiger partial charge in [0.15, 0.2) is 0 Å². The first kappa shape index (κ1) is 10.8. The highest BCUT2D eigenvalue weighted by Gasteiger charge is 2.17. The van der Waals surface area contributed by atoms with Crippen molar-refractivity contribution in [3.63, 3.8) is 0 Å². The van der Waals surface area contributed by atoms with Crippen LogP contribution in [0.2, 0.25) is 0 Å². The van der Waals surface area contributed by atoms with Crippen LogP contribution in [0.25, 0.3) is 0 Å². The number of thioether (sulfide) groups is 1. The van der Waals surface area contributed by atoms with E-state index in [9.17, 15) is 4.79 Å². The Bertz CT molecular complexity index is 177. The Morgan fingerprint density at radius 2 is 2.15 bits per heavy atom. The molecule has 74 valence electrons. The summed E-state index contributed by atoms with van der Waals surface area (Å²) in [7, 11) is 0. The Kier molecular flexibility index (Phi) is 5.21. The maximum absolute atomic E-state index is 11.0. The molecule has 0 radical (unpaired) electrons. The van der Waals surface area contributed by atoms with Gasteiger partial charge in [-0.05, 0) is 24.7 Å². The molecule has 0 heterocycles. The molecule has 1 nitrogen and oxygen atoms in total. The molecule has 0 aliphatic heterocycles. The summed E-state index contributed by atoms with van der Waals surface area (Å²) in [5, 5.41) is 2.91. The minimum absolute atomic E-state index is 0.453. The molecule has 0 saturated heterocycles. The lowest BCUT2D eigenvalue weighted by Crippen LogP contribution is -2.14. The molecule has 0 bridgehead atoms. The molecular weight excluding hydrogens is 180 g/mol. The van der Waals surface area contributed by atoms with E-state index < -0.39 is 0 Å². The van der Waals surface area contributed by atoms with E-state index in [1.807, 2.05) is 11.8 Å². The van der Waals surface area contributed by atoms with Gasteiger partial charge in [-0.2, -0.15) is 0 Å². The Balaban J connectivity index is 2.12. The fraction of sp³-hybridized carbons (Fsp3) is 0.727. The number of Topliss-reactive ketones (excluding diaryl/α,β-unsaturated/α-hetero) is 1. The molecule has 0 aromatic rings. The minimum atomic E-state index is 0.453. The van der Waals surface area contributed by atoms with Crippen LogP contribution in [0.1, 0.15) is 45.4 Å². The smallest absolute Gasteiger partial charge is 0.132 e. The number of ketones is 1. The lowest BCUT2D eigenvalue weighted by molar-refractivity contribution is -0.120. The van der Waals surface area contributed by atoms with Crippen molar-refractivity contribution < 1.29 is 4.79 Å². The van der Waals surface area contributed by atoms with Gasteiger partial charge in [-0.1, -0.05) is 19.4 Å². The Hall–Kier alpha value is -0.240. The van der Waals surface area contributed by atoms with Crippen molar-refractivity contribution >= 4 is 17.5 Å². The van der Waals surface area contributed by atoms with Gasteiger partial charge in [-0.15, -0.1) is 11.8 Å². The normalized spacial score (nSPS) is 19.9. The zero-order valence-corrected chi connectivity index (χ0v) is 9.11. The van der Waals surface area contributed by atoms with Crippen LogP contribution in [-0.4, -0.2) is 11.0 Å². The summed E-state index contributed by atoms with van der Waals surface area (Å²) >= 11 is 1.91. The highest BCUT2D eigenvalue weighted by atomic mass is 32.2. The third-order valence-electron chi connectivity index (χ3n) is 2.31. The molecule has 1 aliphatic rings. The zero-order valence-electron chi connectivity index (χ0n) is 8.29. The quantitative estimate of drug-likeness (QED) is 0.687. The van der Waals surface area contributed by atoms with Crippen LogP contribution in [-0.2, 0) is 4.79 Å². The molecule has 0 amide bonds. The Morgan fingerprint density at radius 3 is 2.77 bits per heavy atom. The summed E-state index contributed by atoms with van der Waals surface area (Å²) in [5.41, 5.74) is 0. The first-order valence-electron chi connectivity index (χ1n) is 5.15. The summed E-state index contributed by atoms with van der Waals surface area (Å²) in [6, 6.07) is 0. The molecule has 2 heteroatoms. The van der Waals surface area contributed by atoms with Gasteiger partial charge >= 0.3 is 0 Å². The topological polar surface area (TPSA) is 17.1 Å². The van der Waals surface area contributed by atoms with Crippen molar-refractivity contribution in [2.75, 3.05) is 0 Å². The second kappa shape index (κ2) is 6.25. The number of carbonyl (C=O) groups is 1. The fourth-order valence-electron chi connectivity index (χ4n) is 1.45. The summed E-state index contributed by atoms with van der Waals surface area (Å²) in [6.45, 7) is 2.19. The van der Waals surface area contributed by atoms with Crippen LogP contribution < -0.4 is 0 Å². The van der Waals surface area contributed by atoms with E-state index in [0.717, 1.165) is 25.7 Å². The molecule has 0 aromatic heterocycles. The van der Waals surface area contributed by atoms with Crippen molar-refractivity contribution in [3.05, 3.63) is 11.5 Å². The van der Waals surface area contributed by atoms with E-state index in [-0.39, 0.29) is 0 Å². The van der Waals surface area contributed by atoms with Gasteiger partial charge in [0.1, 0.15) is 5.78 Å². The average molecular weight is 198 g/mol.